The van der Waals surface area contributed by atoms with Gasteiger partial charge in [-0.25, -0.2) is 0 Å². The standard InChI is InChI=1S/C17H19ClN2/c1-20-10-4-6-13-11-15(8-9-17(13)20)19-12-14-5-2-3-7-16(14)18/h2-3,5,7-9,11,19H,4,6,10,12H2,1H3. The van der Waals surface area contributed by atoms with E-state index >= 15 is 0 Å². The van der Waals surface area contributed by atoms with Crippen LogP contribution >= 0.6 is 11.6 Å². The van der Waals surface area contributed by atoms with Crippen LogP contribution in [0.4, 0.5) is 11.4 Å². The molecule has 0 atom stereocenters. The molecule has 0 amide bonds. The van der Waals surface area contributed by atoms with Crippen LogP contribution in [0, 0.1) is 0 Å². The highest BCUT2D eigenvalue weighted by molar-refractivity contribution is 6.31. The number of halogens is 1. The lowest BCUT2D eigenvalue weighted by Crippen LogP contribution is -2.24. The Labute approximate surface area is 125 Å². The summed E-state index contributed by atoms with van der Waals surface area (Å²) in [6.45, 7) is 1.91. The molecule has 1 aliphatic rings. The molecule has 104 valence electrons. The molecule has 0 spiro atoms. The number of benzene rings is 2. The van der Waals surface area contributed by atoms with Gasteiger partial charge in [0.1, 0.15) is 0 Å². The maximum Gasteiger partial charge on any atom is 0.0455 e. The molecule has 2 nitrogen and oxygen atoms in total. The van der Waals surface area contributed by atoms with E-state index in [2.05, 4.69) is 41.5 Å². The minimum absolute atomic E-state index is 0.758. The highest BCUT2D eigenvalue weighted by Crippen LogP contribution is 2.29. The predicted molar refractivity (Wildman–Crippen MR) is 86.8 cm³/mol. The summed E-state index contributed by atoms with van der Waals surface area (Å²) in [5.74, 6) is 0. The van der Waals surface area contributed by atoms with Crippen molar-refractivity contribution in [3.8, 4) is 0 Å². The molecule has 0 fully saturated rings. The van der Waals surface area contributed by atoms with Gasteiger partial charge in [0.2, 0.25) is 0 Å². The van der Waals surface area contributed by atoms with Crippen LogP contribution in [0.3, 0.4) is 0 Å². The van der Waals surface area contributed by atoms with Gasteiger partial charge in [-0.1, -0.05) is 29.8 Å². The molecule has 0 radical (unpaired) electrons. The SMILES string of the molecule is CN1CCCc2cc(NCc3ccccc3Cl)ccc21. The summed E-state index contributed by atoms with van der Waals surface area (Å²) in [5, 5.41) is 4.28. The maximum atomic E-state index is 6.18. The average molecular weight is 287 g/mol. The molecule has 0 saturated carbocycles. The molecular formula is C17H19ClN2. The number of anilines is 2. The Morgan fingerprint density at radius 2 is 2.05 bits per heavy atom. The summed E-state index contributed by atoms with van der Waals surface area (Å²) in [7, 11) is 2.16. The molecule has 3 rings (SSSR count). The number of aryl methyl sites for hydroxylation is 1. The Morgan fingerprint density at radius 3 is 2.90 bits per heavy atom. The van der Waals surface area contributed by atoms with Gasteiger partial charge >= 0.3 is 0 Å². The molecular weight excluding hydrogens is 268 g/mol. The zero-order valence-corrected chi connectivity index (χ0v) is 12.5. The molecule has 0 aliphatic carbocycles. The van der Waals surface area contributed by atoms with Crippen molar-refractivity contribution < 1.29 is 0 Å². The third kappa shape index (κ3) is 2.75. The fraction of sp³-hybridized carbons (Fsp3) is 0.294. The van der Waals surface area contributed by atoms with E-state index in [0.717, 1.165) is 23.7 Å². The number of nitrogens with zero attached hydrogens (tertiary/aromatic N) is 1. The summed E-state index contributed by atoms with van der Waals surface area (Å²) in [4.78, 5) is 2.33. The fourth-order valence-electron chi connectivity index (χ4n) is 2.73. The minimum Gasteiger partial charge on any atom is -0.381 e. The van der Waals surface area contributed by atoms with E-state index in [-0.39, 0.29) is 0 Å². The molecule has 2 aromatic carbocycles. The van der Waals surface area contributed by atoms with Crippen LogP contribution < -0.4 is 10.2 Å². The van der Waals surface area contributed by atoms with E-state index in [0.29, 0.717) is 0 Å². The van der Waals surface area contributed by atoms with Gasteiger partial charge < -0.3 is 10.2 Å². The van der Waals surface area contributed by atoms with Crippen LogP contribution in [0.2, 0.25) is 5.02 Å². The van der Waals surface area contributed by atoms with Crippen LogP contribution in [-0.4, -0.2) is 13.6 Å². The lowest BCUT2D eigenvalue weighted by molar-refractivity contribution is 0.744. The number of rotatable bonds is 3. The quantitative estimate of drug-likeness (QED) is 0.903. The fourth-order valence-corrected chi connectivity index (χ4v) is 2.94. The molecule has 0 bridgehead atoms. The van der Waals surface area contributed by atoms with Crippen LogP contribution in [0.5, 0.6) is 0 Å². The van der Waals surface area contributed by atoms with Crippen molar-refractivity contribution in [2.45, 2.75) is 19.4 Å². The van der Waals surface area contributed by atoms with Crippen LogP contribution in [0.1, 0.15) is 17.5 Å². The Hall–Kier alpha value is -1.67. The van der Waals surface area contributed by atoms with Crippen molar-refractivity contribution in [2.24, 2.45) is 0 Å². The summed E-state index contributed by atoms with van der Waals surface area (Å²) >= 11 is 6.18. The van der Waals surface area contributed by atoms with Crippen molar-refractivity contribution in [2.75, 3.05) is 23.8 Å². The van der Waals surface area contributed by atoms with Gasteiger partial charge in [-0.15, -0.1) is 0 Å². The summed E-state index contributed by atoms with van der Waals surface area (Å²) in [6, 6.07) is 14.6. The van der Waals surface area contributed by atoms with E-state index in [4.69, 9.17) is 11.6 Å². The van der Waals surface area contributed by atoms with Gasteiger partial charge in [0.15, 0.2) is 0 Å². The second-order valence-corrected chi connectivity index (χ2v) is 5.72. The van der Waals surface area contributed by atoms with E-state index in [9.17, 15) is 0 Å². The molecule has 0 aromatic heterocycles. The van der Waals surface area contributed by atoms with Crippen LogP contribution in [-0.2, 0) is 13.0 Å². The highest BCUT2D eigenvalue weighted by atomic mass is 35.5. The van der Waals surface area contributed by atoms with Gasteiger partial charge in [-0.05, 0) is 48.2 Å². The van der Waals surface area contributed by atoms with Crippen molar-refractivity contribution in [1.29, 1.82) is 0 Å². The average Bonchev–Trinajstić information content (AvgIpc) is 2.46. The maximum absolute atomic E-state index is 6.18. The molecule has 0 saturated heterocycles. The van der Waals surface area contributed by atoms with Crippen molar-refractivity contribution >= 4 is 23.0 Å². The zero-order chi connectivity index (χ0) is 13.9. The number of nitrogens with one attached hydrogen (secondary N) is 1. The van der Waals surface area contributed by atoms with Gasteiger partial charge in [-0.3, -0.25) is 0 Å². The van der Waals surface area contributed by atoms with E-state index in [1.54, 1.807) is 0 Å². The molecule has 1 aliphatic heterocycles. The first-order valence-electron chi connectivity index (χ1n) is 7.05. The molecule has 1 N–H and O–H groups in total. The number of fused-ring (bicyclic) bond motifs is 1. The number of hydrogen-bond donors (Lipinski definition) is 1. The lowest BCUT2D eigenvalue weighted by atomic mass is 10.0. The first-order chi connectivity index (χ1) is 9.74. The monoisotopic (exact) mass is 286 g/mol. The molecule has 3 heteroatoms. The normalized spacial score (nSPS) is 14.0. The van der Waals surface area contributed by atoms with E-state index in [1.165, 1.54) is 29.8 Å². The smallest absolute Gasteiger partial charge is 0.0455 e. The van der Waals surface area contributed by atoms with Crippen molar-refractivity contribution in [3.05, 3.63) is 58.6 Å². The van der Waals surface area contributed by atoms with Gasteiger partial charge in [-0.2, -0.15) is 0 Å². The van der Waals surface area contributed by atoms with E-state index < -0.39 is 0 Å². The zero-order valence-electron chi connectivity index (χ0n) is 11.7. The first kappa shape index (κ1) is 13.3. The first-order valence-corrected chi connectivity index (χ1v) is 7.43. The third-order valence-electron chi connectivity index (χ3n) is 3.87. The predicted octanol–water partition coefficient (Wildman–Crippen LogP) is 4.33. The van der Waals surface area contributed by atoms with Gasteiger partial charge in [0.05, 0.1) is 0 Å². The summed E-state index contributed by atoms with van der Waals surface area (Å²) < 4.78 is 0. The third-order valence-corrected chi connectivity index (χ3v) is 4.24. The number of hydrogen-bond acceptors (Lipinski definition) is 2. The van der Waals surface area contributed by atoms with Crippen molar-refractivity contribution in [1.82, 2.24) is 0 Å². The topological polar surface area (TPSA) is 15.3 Å². The largest absolute Gasteiger partial charge is 0.381 e. The second-order valence-electron chi connectivity index (χ2n) is 5.31. The summed E-state index contributed by atoms with van der Waals surface area (Å²) in [5.41, 5.74) is 5.09. The minimum atomic E-state index is 0.758. The molecule has 20 heavy (non-hydrogen) atoms. The van der Waals surface area contributed by atoms with Crippen molar-refractivity contribution in [3.63, 3.8) is 0 Å². The van der Waals surface area contributed by atoms with Gasteiger partial charge in [0.25, 0.3) is 0 Å². The van der Waals surface area contributed by atoms with E-state index in [1.807, 2.05) is 18.2 Å². The Morgan fingerprint density at radius 1 is 1.20 bits per heavy atom. The second kappa shape index (κ2) is 5.76. The molecule has 1 heterocycles. The summed E-state index contributed by atoms with van der Waals surface area (Å²) in [6.07, 6.45) is 2.40. The Kier molecular flexibility index (Phi) is 3.83. The Balaban J connectivity index is 1.74. The van der Waals surface area contributed by atoms with Crippen LogP contribution in [0.25, 0.3) is 0 Å². The highest BCUT2D eigenvalue weighted by Gasteiger charge is 2.13. The van der Waals surface area contributed by atoms with Gasteiger partial charge in [0, 0.05) is 36.5 Å². The molecule has 0 unspecified atom stereocenters. The molecule has 2 aromatic rings. The lowest BCUT2D eigenvalue weighted by Gasteiger charge is -2.28. The Bertz CT molecular complexity index is 610. The van der Waals surface area contributed by atoms with Crippen LogP contribution in [0.15, 0.2) is 42.5 Å².